The van der Waals surface area contributed by atoms with Crippen LogP contribution in [0.5, 0.6) is 0 Å². The van der Waals surface area contributed by atoms with Gasteiger partial charge >= 0.3 is 0 Å². The molecule has 0 amide bonds. The Morgan fingerprint density at radius 3 is 1.96 bits per heavy atom. The minimum absolute atomic E-state index is 0.137. The molecular weight excluding hydrogens is 374 g/mol. The second-order valence-corrected chi connectivity index (χ2v) is 9.39. The zero-order valence-electron chi connectivity index (χ0n) is 17.0. The van der Waals surface area contributed by atoms with E-state index in [1.54, 1.807) is 12.1 Å². The molecular formula is C20H29N5O2S. The normalized spacial score (nSPS) is 15.5. The smallest absolute Gasteiger partial charge is 0.238 e. The van der Waals surface area contributed by atoms with Gasteiger partial charge in [0.1, 0.15) is 11.6 Å². The van der Waals surface area contributed by atoms with Crippen molar-refractivity contribution in [2.24, 2.45) is 5.14 Å². The molecule has 1 aromatic heterocycles. The summed E-state index contributed by atoms with van der Waals surface area (Å²) in [5.74, 6) is 2.53. The number of sulfonamides is 1. The molecule has 1 saturated heterocycles. The van der Waals surface area contributed by atoms with Crippen LogP contribution in [-0.2, 0) is 10.0 Å². The first-order valence-corrected chi connectivity index (χ1v) is 11.2. The summed E-state index contributed by atoms with van der Waals surface area (Å²) in [5.41, 5.74) is 2.08. The van der Waals surface area contributed by atoms with Crippen LogP contribution >= 0.6 is 0 Å². The lowest BCUT2D eigenvalue weighted by Crippen LogP contribution is -2.47. The molecule has 0 spiro atoms. The van der Waals surface area contributed by atoms with Gasteiger partial charge in [0.05, 0.1) is 4.90 Å². The van der Waals surface area contributed by atoms with E-state index in [0.29, 0.717) is 5.92 Å². The maximum Gasteiger partial charge on any atom is 0.238 e. The summed E-state index contributed by atoms with van der Waals surface area (Å²) in [6.45, 7) is 11.9. The molecule has 28 heavy (non-hydrogen) atoms. The van der Waals surface area contributed by atoms with Gasteiger partial charge in [-0.15, -0.1) is 0 Å². The van der Waals surface area contributed by atoms with Crippen molar-refractivity contribution in [3.05, 3.63) is 41.9 Å². The van der Waals surface area contributed by atoms with E-state index >= 15 is 0 Å². The Kier molecular flexibility index (Phi) is 5.90. The van der Waals surface area contributed by atoms with Gasteiger partial charge in [0.15, 0.2) is 0 Å². The number of anilines is 2. The molecule has 8 heteroatoms. The third kappa shape index (κ3) is 4.62. The lowest BCUT2D eigenvalue weighted by Gasteiger charge is -2.37. The number of benzene rings is 1. The van der Waals surface area contributed by atoms with E-state index in [9.17, 15) is 8.42 Å². The molecule has 1 aliphatic heterocycles. The molecule has 1 aliphatic rings. The van der Waals surface area contributed by atoms with E-state index in [2.05, 4.69) is 43.6 Å². The van der Waals surface area contributed by atoms with Crippen LogP contribution in [0.2, 0.25) is 0 Å². The Hall–Kier alpha value is -2.19. The predicted molar refractivity (Wildman–Crippen MR) is 112 cm³/mol. The SMILES string of the molecule is CC(C)c1cc(N2CCN(c3ccc(S(N)(=O)=O)cc3)CC2)nc(C(C)C)n1. The number of hydrogen-bond acceptors (Lipinski definition) is 6. The van der Waals surface area contributed by atoms with Crippen LogP contribution in [0.1, 0.15) is 51.0 Å². The number of aromatic nitrogens is 2. The number of primary sulfonamides is 1. The average molecular weight is 404 g/mol. The molecule has 0 aliphatic carbocycles. The molecule has 2 aromatic rings. The van der Waals surface area contributed by atoms with E-state index in [1.165, 1.54) is 0 Å². The zero-order chi connectivity index (χ0) is 20.5. The number of nitrogens with two attached hydrogens (primary N) is 1. The number of piperazine rings is 1. The predicted octanol–water partition coefficient (Wildman–Crippen LogP) is 2.70. The molecule has 2 N–H and O–H groups in total. The highest BCUT2D eigenvalue weighted by molar-refractivity contribution is 7.89. The van der Waals surface area contributed by atoms with Gasteiger partial charge in [-0.1, -0.05) is 27.7 Å². The van der Waals surface area contributed by atoms with Gasteiger partial charge in [-0.25, -0.2) is 23.5 Å². The highest BCUT2D eigenvalue weighted by Gasteiger charge is 2.21. The van der Waals surface area contributed by atoms with Crippen molar-refractivity contribution in [1.29, 1.82) is 0 Å². The lowest BCUT2D eigenvalue weighted by molar-refractivity contribution is 0.597. The van der Waals surface area contributed by atoms with Crippen molar-refractivity contribution in [3.8, 4) is 0 Å². The van der Waals surface area contributed by atoms with Crippen molar-refractivity contribution in [1.82, 2.24) is 9.97 Å². The van der Waals surface area contributed by atoms with E-state index in [-0.39, 0.29) is 10.8 Å². The molecule has 3 rings (SSSR count). The van der Waals surface area contributed by atoms with E-state index < -0.39 is 10.0 Å². The Labute approximate surface area is 167 Å². The van der Waals surface area contributed by atoms with Gasteiger partial charge in [0.25, 0.3) is 0 Å². The summed E-state index contributed by atoms with van der Waals surface area (Å²) < 4.78 is 22.8. The highest BCUT2D eigenvalue weighted by Crippen LogP contribution is 2.24. The largest absolute Gasteiger partial charge is 0.368 e. The van der Waals surface area contributed by atoms with Crippen LogP contribution in [-0.4, -0.2) is 44.6 Å². The minimum Gasteiger partial charge on any atom is -0.368 e. The maximum absolute atomic E-state index is 11.4. The van der Waals surface area contributed by atoms with Crippen molar-refractivity contribution in [2.75, 3.05) is 36.0 Å². The standard InChI is InChI=1S/C20H29N5O2S/c1-14(2)18-13-19(23-20(22-18)15(3)4)25-11-9-24(10-12-25)16-5-7-17(8-6-16)28(21,26)27/h5-8,13-15H,9-12H2,1-4H3,(H2,21,26,27). The zero-order valence-corrected chi connectivity index (χ0v) is 17.8. The second kappa shape index (κ2) is 8.05. The van der Waals surface area contributed by atoms with Crippen LogP contribution in [0.15, 0.2) is 35.2 Å². The van der Waals surface area contributed by atoms with E-state index in [1.807, 2.05) is 12.1 Å². The summed E-state index contributed by atoms with van der Waals surface area (Å²) in [6, 6.07) is 8.85. The topological polar surface area (TPSA) is 92.4 Å². The molecule has 0 bridgehead atoms. The Balaban J connectivity index is 1.73. The van der Waals surface area contributed by atoms with Gasteiger partial charge in [0, 0.05) is 49.5 Å². The molecule has 1 aromatic carbocycles. The maximum atomic E-state index is 11.4. The monoisotopic (exact) mass is 403 g/mol. The van der Waals surface area contributed by atoms with Crippen LogP contribution < -0.4 is 14.9 Å². The molecule has 0 atom stereocenters. The van der Waals surface area contributed by atoms with Gasteiger partial charge in [-0.2, -0.15) is 0 Å². The molecule has 1 fully saturated rings. The first kappa shape index (κ1) is 20.5. The van der Waals surface area contributed by atoms with E-state index in [0.717, 1.165) is 49.2 Å². The first-order chi connectivity index (χ1) is 13.1. The molecule has 7 nitrogen and oxygen atoms in total. The van der Waals surface area contributed by atoms with Crippen LogP contribution in [0.25, 0.3) is 0 Å². The van der Waals surface area contributed by atoms with Gasteiger partial charge in [-0.3, -0.25) is 0 Å². The molecule has 2 heterocycles. The van der Waals surface area contributed by atoms with Crippen molar-refractivity contribution in [3.63, 3.8) is 0 Å². The molecule has 152 valence electrons. The van der Waals surface area contributed by atoms with Gasteiger partial charge < -0.3 is 9.80 Å². The summed E-state index contributed by atoms with van der Waals surface area (Å²) in [6.07, 6.45) is 0. The fraction of sp³-hybridized carbons (Fsp3) is 0.500. The fourth-order valence-corrected chi connectivity index (χ4v) is 3.74. The Morgan fingerprint density at radius 1 is 0.893 bits per heavy atom. The average Bonchev–Trinajstić information content (AvgIpc) is 2.67. The number of rotatable bonds is 5. The molecule has 0 unspecified atom stereocenters. The first-order valence-electron chi connectivity index (χ1n) is 9.67. The summed E-state index contributed by atoms with van der Waals surface area (Å²) >= 11 is 0. The van der Waals surface area contributed by atoms with Crippen LogP contribution in [0.3, 0.4) is 0 Å². The van der Waals surface area contributed by atoms with Gasteiger partial charge in [0.2, 0.25) is 10.0 Å². The van der Waals surface area contributed by atoms with Gasteiger partial charge in [-0.05, 0) is 30.2 Å². The van der Waals surface area contributed by atoms with Crippen LogP contribution in [0.4, 0.5) is 11.5 Å². The minimum atomic E-state index is -3.66. The number of nitrogens with zero attached hydrogens (tertiary/aromatic N) is 4. The lowest BCUT2D eigenvalue weighted by atomic mass is 10.1. The summed E-state index contributed by atoms with van der Waals surface area (Å²) in [5, 5.41) is 5.17. The van der Waals surface area contributed by atoms with Crippen LogP contribution in [0, 0.1) is 0 Å². The summed E-state index contributed by atoms with van der Waals surface area (Å²) in [7, 11) is -3.66. The van der Waals surface area contributed by atoms with Crippen molar-refractivity contribution >= 4 is 21.5 Å². The fourth-order valence-electron chi connectivity index (χ4n) is 3.23. The quantitative estimate of drug-likeness (QED) is 0.825. The Bertz CT molecular complexity index is 892. The van der Waals surface area contributed by atoms with Crippen molar-refractivity contribution < 1.29 is 8.42 Å². The number of hydrogen-bond donors (Lipinski definition) is 1. The van der Waals surface area contributed by atoms with E-state index in [4.69, 9.17) is 15.1 Å². The third-order valence-corrected chi connectivity index (χ3v) is 5.92. The molecule has 0 radical (unpaired) electrons. The van der Waals surface area contributed by atoms with Crippen molar-refractivity contribution in [2.45, 2.75) is 44.4 Å². The molecule has 0 saturated carbocycles. The highest BCUT2D eigenvalue weighted by atomic mass is 32.2. The summed E-state index contributed by atoms with van der Waals surface area (Å²) in [4.78, 5) is 14.2. The third-order valence-electron chi connectivity index (χ3n) is 4.99. The Morgan fingerprint density at radius 2 is 1.46 bits per heavy atom. The second-order valence-electron chi connectivity index (χ2n) is 7.83.